The summed E-state index contributed by atoms with van der Waals surface area (Å²) in [5, 5.41) is 4.20. The molecule has 0 aliphatic rings. The van der Waals surface area contributed by atoms with Crippen LogP contribution in [0.2, 0.25) is 0 Å². The van der Waals surface area contributed by atoms with Crippen LogP contribution in [0.1, 0.15) is 25.0 Å². The number of aryl methyl sites for hydroxylation is 2. The second-order valence-corrected chi connectivity index (χ2v) is 3.38. The van der Waals surface area contributed by atoms with E-state index in [0.29, 0.717) is 0 Å². The molecule has 14 heavy (non-hydrogen) atoms. The standard InChI is InChI=1S/C5H6O.C5H6S.C2H6/c2*1-5-2-3-6-4-5;1-2/h2*2-4H,1H3;1-2H3. The number of hydrogen-bond donors (Lipinski definition) is 0. The van der Waals surface area contributed by atoms with Crippen LogP contribution in [0, 0.1) is 13.8 Å². The molecule has 0 aromatic carbocycles. The minimum Gasteiger partial charge on any atom is -0.472 e. The largest absolute Gasteiger partial charge is 0.472 e. The van der Waals surface area contributed by atoms with Crippen LogP contribution in [0.3, 0.4) is 0 Å². The van der Waals surface area contributed by atoms with E-state index in [2.05, 4.69) is 23.8 Å². The van der Waals surface area contributed by atoms with Crippen molar-refractivity contribution in [2.24, 2.45) is 0 Å². The summed E-state index contributed by atoms with van der Waals surface area (Å²) in [4.78, 5) is 0. The Hall–Kier alpha value is -1.02. The van der Waals surface area contributed by atoms with Gasteiger partial charge in [-0.15, -0.1) is 0 Å². The van der Waals surface area contributed by atoms with Crippen molar-refractivity contribution in [1.29, 1.82) is 0 Å². The summed E-state index contributed by atoms with van der Waals surface area (Å²) in [5.41, 5.74) is 2.54. The number of rotatable bonds is 0. The lowest BCUT2D eigenvalue weighted by Gasteiger charge is -1.65. The van der Waals surface area contributed by atoms with E-state index in [1.54, 1.807) is 23.9 Å². The van der Waals surface area contributed by atoms with Crippen LogP contribution in [0.5, 0.6) is 0 Å². The van der Waals surface area contributed by atoms with Crippen LogP contribution in [-0.2, 0) is 0 Å². The highest BCUT2D eigenvalue weighted by molar-refractivity contribution is 7.07. The van der Waals surface area contributed by atoms with E-state index in [1.165, 1.54) is 11.1 Å². The van der Waals surface area contributed by atoms with Gasteiger partial charge in [0, 0.05) is 0 Å². The Morgan fingerprint density at radius 3 is 1.93 bits per heavy atom. The molecule has 1 nitrogen and oxygen atoms in total. The first-order valence-electron chi connectivity index (χ1n) is 4.76. The molecule has 2 rings (SSSR count). The van der Waals surface area contributed by atoms with Crippen molar-refractivity contribution in [2.45, 2.75) is 27.7 Å². The Labute approximate surface area is 90.4 Å². The van der Waals surface area contributed by atoms with Gasteiger partial charge in [-0.2, -0.15) is 11.3 Å². The highest BCUT2D eigenvalue weighted by atomic mass is 32.1. The average Bonchev–Trinajstić information content (AvgIpc) is 2.83. The molecule has 0 N–H and O–H groups in total. The lowest BCUT2D eigenvalue weighted by Crippen LogP contribution is -1.48. The first kappa shape index (κ1) is 13.0. The monoisotopic (exact) mass is 210 g/mol. The topological polar surface area (TPSA) is 13.1 Å². The third-order valence-corrected chi connectivity index (χ3v) is 2.13. The second-order valence-electron chi connectivity index (χ2n) is 2.60. The molecule has 2 heterocycles. The Morgan fingerprint density at radius 2 is 1.79 bits per heavy atom. The summed E-state index contributed by atoms with van der Waals surface area (Å²) in [6.07, 6.45) is 3.37. The van der Waals surface area contributed by atoms with Crippen LogP contribution >= 0.6 is 11.3 Å². The van der Waals surface area contributed by atoms with Gasteiger partial charge in [-0.25, -0.2) is 0 Å². The quantitative estimate of drug-likeness (QED) is 0.616. The molecule has 0 atom stereocenters. The van der Waals surface area contributed by atoms with Crippen LogP contribution in [-0.4, -0.2) is 0 Å². The molecular formula is C12H18OS. The lowest BCUT2D eigenvalue weighted by atomic mass is 10.4. The summed E-state index contributed by atoms with van der Waals surface area (Å²) in [7, 11) is 0. The molecular weight excluding hydrogens is 192 g/mol. The van der Waals surface area contributed by atoms with E-state index in [-0.39, 0.29) is 0 Å². The lowest BCUT2D eigenvalue weighted by molar-refractivity contribution is 0.565. The molecule has 0 aliphatic carbocycles. The third-order valence-electron chi connectivity index (χ3n) is 1.33. The fourth-order valence-electron chi connectivity index (χ4n) is 0.665. The zero-order chi connectivity index (χ0) is 10.8. The van der Waals surface area contributed by atoms with Crippen LogP contribution < -0.4 is 0 Å². The van der Waals surface area contributed by atoms with Gasteiger partial charge >= 0.3 is 0 Å². The predicted octanol–water partition coefficient (Wildman–Crippen LogP) is 4.67. The van der Waals surface area contributed by atoms with Crippen LogP contribution in [0.4, 0.5) is 0 Å². The van der Waals surface area contributed by atoms with Gasteiger partial charge in [0.25, 0.3) is 0 Å². The maximum Gasteiger partial charge on any atom is 0.0931 e. The molecule has 78 valence electrons. The normalized spacial score (nSPS) is 8.00. The molecule has 0 radical (unpaired) electrons. The summed E-state index contributed by atoms with van der Waals surface area (Å²) >= 11 is 1.74. The van der Waals surface area contributed by atoms with Gasteiger partial charge in [-0.3, -0.25) is 0 Å². The number of furan rings is 1. The minimum atomic E-state index is 1.18. The smallest absolute Gasteiger partial charge is 0.0931 e. The molecule has 0 unspecified atom stereocenters. The summed E-state index contributed by atoms with van der Waals surface area (Å²) in [6.45, 7) is 8.08. The Kier molecular flexibility index (Phi) is 7.95. The molecule has 0 saturated heterocycles. The third kappa shape index (κ3) is 6.49. The molecule has 2 aromatic rings. The zero-order valence-electron chi connectivity index (χ0n) is 9.28. The van der Waals surface area contributed by atoms with Gasteiger partial charge in [0.05, 0.1) is 12.5 Å². The van der Waals surface area contributed by atoms with Crippen molar-refractivity contribution in [3.8, 4) is 0 Å². The van der Waals surface area contributed by atoms with Gasteiger partial charge in [0.1, 0.15) is 0 Å². The minimum absolute atomic E-state index is 1.18. The summed E-state index contributed by atoms with van der Waals surface area (Å²) in [5.74, 6) is 0. The van der Waals surface area contributed by atoms with E-state index in [0.717, 1.165) is 0 Å². The fraction of sp³-hybridized carbons (Fsp3) is 0.333. The highest BCUT2D eigenvalue weighted by Crippen LogP contribution is 2.01. The van der Waals surface area contributed by atoms with Gasteiger partial charge < -0.3 is 4.42 Å². The van der Waals surface area contributed by atoms with Crippen molar-refractivity contribution in [1.82, 2.24) is 0 Å². The molecule has 2 aromatic heterocycles. The van der Waals surface area contributed by atoms with Gasteiger partial charge in [0.2, 0.25) is 0 Å². The number of thiophene rings is 1. The Morgan fingerprint density at radius 1 is 1.07 bits per heavy atom. The zero-order valence-corrected chi connectivity index (χ0v) is 10.1. The molecule has 0 amide bonds. The van der Waals surface area contributed by atoms with Crippen LogP contribution in [0.25, 0.3) is 0 Å². The maximum absolute atomic E-state index is 4.71. The first-order valence-corrected chi connectivity index (χ1v) is 5.71. The fourth-order valence-corrected chi connectivity index (χ4v) is 1.33. The van der Waals surface area contributed by atoms with E-state index in [4.69, 9.17) is 4.42 Å². The van der Waals surface area contributed by atoms with E-state index >= 15 is 0 Å². The summed E-state index contributed by atoms with van der Waals surface area (Å²) in [6, 6.07) is 4.02. The number of hydrogen-bond acceptors (Lipinski definition) is 2. The van der Waals surface area contributed by atoms with Gasteiger partial charge in [0.15, 0.2) is 0 Å². The van der Waals surface area contributed by atoms with E-state index in [9.17, 15) is 0 Å². The maximum atomic E-state index is 4.71. The highest BCUT2D eigenvalue weighted by Gasteiger charge is 1.76. The van der Waals surface area contributed by atoms with Gasteiger partial charge in [-0.05, 0) is 47.9 Å². The predicted molar refractivity (Wildman–Crippen MR) is 63.8 cm³/mol. The van der Waals surface area contributed by atoms with Crippen molar-refractivity contribution in [3.05, 3.63) is 46.5 Å². The van der Waals surface area contributed by atoms with Crippen molar-refractivity contribution < 1.29 is 4.42 Å². The molecule has 0 fully saturated rings. The molecule has 0 saturated carbocycles. The molecule has 0 bridgehead atoms. The van der Waals surface area contributed by atoms with Crippen molar-refractivity contribution >= 4 is 11.3 Å². The second kappa shape index (κ2) is 8.57. The molecule has 2 heteroatoms. The molecule has 0 spiro atoms. The Bertz CT molecular complexity index is 250. The van der Waals surface area contributed by atoms with Crippen molar-refractivity contribution in [2.75, 3.05) is 0 Å². The average molecular weight is 210 g/mol. The van der Waals surface area contributed by atoms with Gasteiger partial charge in [-0.1, -0.05) is 13.8 Å². The van der Waals surface area contributed by atoms with Crippen LogP contribution in [0.15, 0.2) is 39.8 Å². The first-order chi connectivity index (χ1) is 6.79. The van der Waals surface area contributed by atoms with Crippen molar-refractivity contribution in [3.63, 3.8) is 0 Å². The van der Waals surface area contributed by atoms with E-state index < -0.39 is 0 Å². The molecule has 0 aliphatic heterocycles. The van der Waals surface area contributed by atoms with E-state index in [1.807, 2.05) is 26.8 Å². The summed E-state index contributed by atoms with van der Waals surface area (Å²) < 4.78 is 4.71. The Balaban J connectivity index is 0.000000206. The SMILES string of the molecule is CC.Cc1ccoc1.Cc1ccsc1.